The highest BCUT2D eigenvalue weighted by molar-refractivity contribution is 7.80. The summed E-state index contributed by atoms with van der Waals surface area (Å²) in [5.41, 5.74) is -0.694. The van der Waals surface area contributed by atoms with Crippen LogP contribution < -0.4 is 5.32 Å². The van der Waals surface area contributed by atoms with Gasteiger partial charge in [0.15, 0.2) is 0 Å². The van der Waals surface area contributed by atoms with E-state index in [0.29, 0.717) is 9.77 Å². The third-order valence-electron chi connectivity index (χ3n) is 2.26. The van der Waals surface area contributed by atoms with Gasteiger partial charge in [0.2, 0.25) is 0 Å². The van der Waals surface area contributed by atoms with Crippen molar-refractivity contribution in [2.45, 2.75) is 11.1 Å². The summed E-state index contributed by atoms with van der Waals surface area (Å²) in [5.74, 6) is -0.454. The molecule has 2 aromatic rings. The molecule has 1 aromatic heterocycles. The van der Waals surface area contributed by atoms with Gasteiger partial charge in [0, 0.05) is 16.0 Å². The van der Waals surface area contributed by atoms with Crippen molar-refractivity contribution >= 4 is 35.6 Å². The smallest absolute Gasteiger partial charge is 0.321 e. The topological polar surface area (TPSA) is 29.1 Å². The first kappa shape index (κ1) is 14.0. The van der Waals surface area contributed by atoms with E-state index < -0.39 is 17.6 Å². The van der Waals surface area contributed by atoms with Gasteiger partial charge in [-0.2, -0.15) is 13.2 Å². The average Bonchev–Trinajstić information content (AvgIpc) is 2.75. The number of anilines is 1. The predicted octanol–water partition coefficient (Wildman–Crippen LogP) is 4.31. The van der Waals surface area contributed by atoms with E-state index in [-0.39, 0.29) is 5.69 Å². The van der Waals surface area contributed by atoms with Crippen LogP contribution in [-0.4, -0.2) is 5.91 Å². The second kappa shape index (κ2) is 5.26. The number of carbonyl (C=O) groups excluding carboxylic acids is 1. The van der Waals surface area contributed by atoms with Crippen molar-refractivity contribution in [1.29, 1.82) is 0 Å². The summed E-state index contributed by atoms with van der Waals surface area (Å²) in [4.78, 5) is 12.8. The van der Waals surface area contributed by atoms with Crippen molar-refractivity contribution in [2.24, 2.45) is 0 Å². The number of alkyl halides is 3. The molecule has 2 nitrogen and oxygen atoms in total. The monoisotopic (exact) mass is 303 g/mol. The van der Waals surface area contributed by atoms with Crippen LogP contribution in [0.25, 0.3) is 0 Å². The van der Waals surface area contributed by atoms with Gasteiger partial charge < -0.3 is 5.32 Å². The van der Waals surface area contributed by atoms with Crippen molar-refractivity contribution in [1.82, 2.24) is 0 Å². The summed E-state index contributed by atoms with van der Waals surface area (Å²) < 4.78 is 37.5. The Hall–Kier alpha value is -1.47. The van der Waals surface area contributed by atoms with Crippen LogP contribution in [0, 0.1) is 0 Å². The Morgan fingerprint density at radius 1 is 1.26 bits per heavy atom. The van der Waals surface area contributed by atoms with E-state index in [1.165, 1.54) is 23.5 Å². The van der Waals surface area contributed by atoms with Gasteiger partial charge in [-0.15, -0.1) is 24.0 Å². The van der Waals surface area contributed by atoms with Gasteiger partial charge in [0.25, 0.3) is 5.91 Å². The molecule has 19 heavy (non-hydrogen) atoms. The lowest BCUT2D eigenvalue weighted by molar-refractivity contribution is -0.137. The van der Waals surface area contributed by atoms with Gasteiger partial charge in [-0.1, -0.05) is 6.07 Å². The van der Waals surface area contributed by atoms with Gasteiger partial charge in [0.1, 0.15) is 0 Å². The van der Waals surface area contributed by atoms with Crippen LogP contribution in [0.2, 0.25) is 0 Å². The van der Waals surface area contributed by atoms with Gasteiger partial charge >= 0.3 is 6.18 Å². The highest BCUT2D eigenvalue weighted by Crippen LogP contribution is 2.30. The molecular weight excluding hydrogens is 295 g/mol. The van der Waals surface area contributed by atoms with E-state index in [1.54, 1.807) is 11.4 Å². The lowest BCUT2D eigenvalue weighted by Gasteiger charge is -2.09. The van der Waals surface area contributed by atoms with Crippen molar-refractivity contribution in [3.63, 3.8) is 0 Å². The number of nitrogens with one attached hydrogen (secondary N) is 1. The van der Waals surface area contributed by atoms with Crippen LogP contribution in [-0.2, 0) is 6.18 Å². The minimum Gasteiger partial charge on any atom is -0.321 e. The maximum Gasteiger partial charge on any atom is 0.416 e. The molecule has 0 atom stereocenters. The number of amides is 1. The highest BCUT2D eigenvalue weighted by atomic mass is 32.1. The van der Waals surface area contributed by atoms with E-state index in [4.69, 9.17) is 0 Å². The van der Waals surface area contributed by atoms with Gasteiger partial charge in [-0.3, -0.25) is 4.79 Å². The highest BCUT2D eigenvalue weighted by Gasteiger charge is 2.30. The number of hydrogen-bond acceptors (Lipinski definition) is 3. The largest absolute Gasteiger partial charge is 0.416 e. The Balaban J connectivity index is 2.18. The number of halogens is 3. The molecule has 1 amide bonds. The molecule has 0 aliphatic carbocycles. The molecule has 0 aliphatic rings. The zero-order valence-electron chi connectivity index (χ0n) is 9.36. The molecule has 0 unspecified atom stereocenters. The zero-order valence-corrected chi connectivity index (χ0v) is 11.1. The lowest BCUT2D eigenvalue weighted by Crippen LogP contribution is -2.11. The summed E-state index contributed by atoms with van der Waals surface area (Å²) in [6.45, 7) is 0. The van der Waals surface area contributed by atoms with Crippen LogP contribution in [0.3, 0.4) is 0 Å². The van der Waals surface area contributed by atoms with Crippen LogP contribution in [0.4, 0.5) is 18.9 Å². The average molecular weight is 303 g/mol. The van der Waals surface area contributed by atoms with Crippen molar-refractivity contribution in [3.8, 4) is 0 Å². The SMILES string of the molecule is O=C(Nc1cccc(C(F)(F)F)c1)c1cc(S)cs1. The zero-order chi connectivity index (χ0) is 14.0. The molecule has 0 fully saturated rings. The van der Waals surface area contributed by atoms with E-state index >= 15 is 0 Å². The molecule has 1 aromatic carbocycles. The van der Waals surface area contributed by atoms with E-state index in [9.17, 15) is 18.0 Å². The predicted molar refractivity (Wildman–Crippen MR) is 71.0 cm³/mol. The Bertz CT molecular complexity index is 607. The van der Waals surface area contributed by atoms with Crippen molar-refractivity contribution < 1.29 is 18.0 Å². The Morgan fingerprint density at radius 2 is 2.00 bits per heavy atom. The molecule has 0 radical (unpaired) electrons. The Labute approximate surface area is 116 Å². The number of hydrogen-bond donors (Lipinski definition) is 2. The first-order valence-corrected chi connectivity index (χ1v) is 6.45. The van der Waals surface area contributed by atoms with Crippen LogP contribution in [0.1, 0.15) is 15.2 Å². The minimum absolute atomic E-state index is 0.105. The van der Waals surface area contributed by atoms with Gasteiger partial charge in [0.05, 0.1) is 10.4 Å². The lowest BCUT2D eigenvalue weighted by atomic mass is 10.2. The molecule has 1 N–H and O–H groups in total. The molecule has 0 saturated carbocycles. The summed E-state index contributed by atoms with van der Waals surface area (Å²) in [5, 5.41) is 4.09. The van der Waals surface area contributed by atoms with E-state index in [2.05, 4.69) is 17.9 Å². The standard InChI is InChI=1S/C12H8F3NOS2/c13-12(14,15)7-2-1-3-8(4-7)16-11(17)10-5-9(18)6-19-10/h1-6,18H,(H,16,17). The van der Waals surface area contributed by atoms with E-state index in [1.807, 2.05) is 0 Å². The number of carbonyl (C=O) groups is 1. The van der Waals surface area contributed by atoms with E-state index in [0.717, 1.165) is 12.1 Å². The second-order valence-electron chi connectivity index (χ2n) is 3.70. The quantitative estimate of drug-likeness (QED) is 0.795. The third kappa shape index (κ3) is 3.51. The molecule has 0 spiro atoms. The first-order valence-electron chi connectivity index (χ1n) is 5.12. The fraction of sp³-hybridized carbons (Fsp3) is 0.0833. The van der Waals surface area contributed by atoms with Crippen LogP contribution >= 0.6 is 24.0 Å². The molecular formula is C12H8F3NOS2. The molecule has 0 saturated heterocycles. The fourth-order valence-electron chi connectivity index (χ4n) is 1.41. The molecule has 100 valence electrons. The maximum absolute atomic E-state index is 12.5. The third-order valence-corrected chi connectivity index (χ3v) is 3.62. The van der Waals surface area contributed by atoms with Crippen LogP contribution in [0.15, 0.2) is 40.6 Å². The Kier molecular flexibility index (Phi) is 3.86. The number of thiophene rings is 1. The first-order chi connectivity index (χ1) is 8.86. The normalized spacial score (nSPS) is 11.4. The van der Waals surface area contributed by atoms with Gasteiger partial charge in [-0.25, -0.2) is 0 Å². The number of benzene rings is 1. The summed E-state index contributed by atoms with van der Waals surface area (Å²) in [6, 6.07) is 6.05. The second-order valence-corrected chi connectivity index (χ2v) is 5.13. The number of rotatable bonds is 2. The molecule has 7 heteroatoms. The number of thiol groups is 1. The van der Waals surface area contributed by atoms with Crippen LogP contribution in [0.5, 0.6) is 0 Å². The molecule has 2 rings (SSSR count). The fourth-order valence-corrected chi connectivity index (χ4v) is 2.45. The minimum atomic E-state index is -4.43. The summed E-state index contributed by atoms with van der Waals surface area (Å²) in [7, 11) is 0. The summed E-state index contributed by atoms with van der Waals surface area (Å²) >= 11 is 5.24. The Morgan fingerprint density at radius 3 is 2.58 bits per heavy atom. The molecule has 0 bridgehead atoms. The summed E-state index contributed by atoms with van der Waals surface area (Å²) in [6.07, 6.45) is -4.43. The maximum atomic E-state index is 12.5. The van der Waals surface area contributed by atoms with Crippen molar-refractivity contribution in [2.75, 3.05) is 5.32 Å². The molecule has 1 heterocycles. The molecule has 0 aliphatic heterocycles. The van der Waals surface area contributed by atoms with Gasteiger partial charge in [-0.05, 0) is 24.3 Å². The van der Waals surface area contributed by atoms with Crippen molar-refractivity contribution in [3.05, 3.63) is 46.2 Å².